The molecule has 0 heterocycles. The zero-order chi connectivity index (χ0) is 51.4. The molecule has 2 aromatic rings. The molecule has 0 saturated carbocycles. The number of alkyl halides is 34. The molecule has 0 aliphatic rings. The van der Waals surface area contributed by atoms with Gasteiger partial charge in [0, 0.05) is 20.9 Å². The van der Waals surface area contributed by atoms with E-state index in [4.69, 9.17) is 0 Å². The third-order valence-electron chi connectivity index (χ3n) is 8.11. The second-order valence-electron chi connectivity index (χ2n) is 12.3. The third-order valence-corrected chi connectivity index (χ3v) is 10.5. The number of benzene rings is 2. The maximum Gasteiger partial charge on any atom is 0.460 e. The van der Waals surface area contributed by atoms with Crippen molar-refractivity contribution in [2.75, 3.05) is 0 Å². The SMILES string of the molecule is FC(F)(F)C(F)(F)C(F)(F)C(F)(F)C(F)(F)C(F)(F)C(F)(F)C(F)(F)c1ccc(SSc2ccc(C(F)(F)C(F)(F)C(F)(F)C(F)(F)C(F)(F)C(F)(F)C(F)(F)C(F)(F)F)cc2)cc1. The van der Waals surface area contributed by atoms with Gasteiger partial charge in [0.2, 0.25) is 0 Å². The smallest absolute Gasteiger partial charge is 0.194 e. The van der Waals surface area contributed by atoms with Crippen LogP contribution >= 0.6 is 21.6 Å². The Morgan fingerprint density at radius 1 is 0.203 bits per heavy atom. The van der Waals surface area contributed by atoms with E-state index in [1.165, 1.54) is 0 Å². The average Bonchev–Trinajstić information content (AvgIpc) is 3.12. The highest BCUT2D eigenvalue weighted by Crippen LogP contribution is 2.67. The standard InChI is InChI=1S/C28H8F34S2/c29-13(30,15(33,34)17(37,38)19(41,42)21(45,46)23(49,50)25(53,54)27(57,58)59)9-1-5-11(6-2-9)63-64-12-7-3-10(4-8-12)14(31,32)16(35,36)18(39,40)20(43,44)22(47,48)24(51,52)26(55,56)28(60,61)62/h1-8H. The number of halogens is 34. The Bertz CT molecular complexity index is 1810. The van der Waals surface area contributed by atoms with Crippen molar-refractivity contribution in [1.29, 1.82) is 0 Å². The van der Waals surface area contributed by atoms with E-state index in [2.05, 4.69) is 0 Å². The molecule has 0 bridgehead atoms. The largest absolute Gasteiger partial charge is 0.460 e. The lowest BCUT2D eigenvalue weighted by atomic mass is 9.87. The molecule has 2 aromatic carbocycles. The minimum atomic E-state index is -8.92. The third kappa shape index (κ3) is 7.68. The van der Waals surface area contributed by atoms with Gasteiger partial charge in [0.15, 0.2) is 0 Å². The first kappa shape index (κ1) is 56.9. The summed E-state index contributed by atoms with van der Waals surface area (Å²) in [6.45, 7) is 0. The lowest BCUT2D eigenvalue weighted by Crippen LogP contribution is -2.74. The first-order valence-corrected chi connectivity index (χ1v) is 16.8. The lowest BCUT2D eigenvalue weighted by Gasteiger charge is -2.42. The fourth-order valence-electron chi connectivity index (χ4n) is 4.23. The van der Waals surface area contributed by atoms with E-state index in [1.54, 1.807) is 0 Å². The molecule has 0 unspecified atom stereocenters. The normalized spacial score (nSPS) is 16.1. The highest BCUT2D eigenvalue weighted by atomic mass is 33.1. The van der Waals surface area contributed by atoms with Crippen molar-refractivity contribution in [3.05, 3.63) is 59.7 Å². The van der Waals surface area contributed by atoms with Crippen LogP contribution in [0.3, 0.4) is 0 Å². The first-order valence-electron chi connectivity index (χ1n) is 14.6. The van der Waals surface area contributed by atoms with Gasteiger partial charge in [0.25, 0.3) is 0 Å². The van der Waals surface area contributed by atoms with Crippen LogP contribution in [0.1, 0.15) is 11.1 Å². The Labute approximate surface area is 336 Å². The van der Waals surface area contributed by atoms with Gasteiger partial charge in [-0.25, -0.2) is 0 Å². The van der Waals surface area contributed by atoms with E-state index < -0.39 is 140 Å². The number of hydrogen-bond donors (Lipinski definition) is 0. The van der Waals surface area contributed by atoms with E-state index in [0.29, 0.717) is 0 Å². The van der Waals surface area contributed by atoms with E-state index in [0.717, 1.165) is 0 Å². The van der Waals surface area contributed by atoms with Crippen molar-refractivity contribution < 1.29 is 149 Å². The molecule has 0 aromatic heterocycles. The van der Waals surface area contributed by atoms with Crippen LogP contribution in [-0.4, -0.2) is 83.4 Å². The van der Waals surface area contributed by atoms with Crippen LogP contribution in [0.4, 0.5) is 149 Å². The fraction of sp³-hybridized carbons (Fsp3) is 0.571. The summed E-state index contributed by atoms with van der Waals surface area (Å²) in [6, 6.07) is -1.96. The molecule has 0 aliphatic carbocycles. The highest BCUT2D eigenvalue weighted by Gasteiger charge is 2.97. The van der Waals surface area contributed by atoms with Crippen LogP contribution in [0.25, 0.3) is 0 Å². The molecule has 64 heavy (non-hydrogen) atoms. The van der Waals surface area contributed by atoms with Crippen LogP contribution < -0.4 is 0 Å². The monoisotopic (exact) mass is 1050 g/mol. The predicted molar refractivity (Wildman–Crippen MR) is 144 cm³/mol. The molecular formula is C28H8F34S2. The Morgan fingerprint density at radius 3 is 0.531 bits per heavy atom. The first-order chi connectivity index (χ1) is 27.7. The van der Waals surface area contributed by atoms with Crippen LogP contribution in [0.5, 0.6) is 0 Å². The second kappa shape index (κ2) is 15.7. The van der Waals surface area contributed by atoms with Crippen LogP contribution in [0, 0.1) is 0 Å². The van der Waals surface area contributed by atoms with Gasteiger partial charge in [-0.05, 0) is 24.3 Å². The van der Waals surface area contributed by atoms with Crippen molar-refractivity contribution in [2.45, 2.75) is 105 Å². The quantitative estimate of drug-likeness (QED) is 0.114. The van der Waals surface area contributed by atoms with Crippen molar-refractivity contribution >= 4 is 21.6 Å². The van der Waals surface area contributed by atoms with Crippen LogP contribution in [-0.2, 0) is 11.8 Å². The van der Waals surface area contributed by atoms with Gasteiger partial charge < -0.3 is 0 Å². The summed E-state index contributed by atoms with van der Waals surface area (Å²) in [5, 5.41) is 0. The summed E-state index contributed by atoms with van der Waals surface area (Å²) in [7, 11) is -0.0485. The Balaban J connectivity index is 2.41. The van der Waals surface area contributed by atoms with Gasteiger partial charge >= 0.3 is 95.3 Å². The summed E-state index contributed by atoms with van der Waals surface area (Å²) in [5.41, 5.74) is -5.38. The van der Waals surface area contributed by atoms with Crippen molar-refractivity contribution in [1.82, 2.24) is 0 Å². The highest BCUT2D eigenvalue weighted by molar-refractivity contribution is 8.76. The molecule has 2 rings (SSSR count). The van der Waals surface area contributed by atoms with Gasteiger partial charge in [-0.3, -0.25) is 0 Å². The minimum absolute atomic E-state index is 0.0229. The van der Waals surface area contributed by atoms with Gasteiger partial charge in [-0.2, -0.15) is 149 Å². The second-order valence-corrected chi connectivity index (χ2v) is 14.5. The molecule has 0 spiro atoms. The molecule has 0 aliphatic heterocycles. The zero-order valence-electron chi connectivity index (χ0n) is 28.3. The molecule has 0 amide bonds. The molecule has 0 atom stereocenters. The van der Waals surface area contributed by atoms with E-state index in [1.807, 2.05) is 0 Å². The molecule has 0 nitrogen and oxygen atoms in total. The number of rotatable bonds is 17. The maximum atomic E-state index is 14.5. The maximum absolute atomic E-state index is 14.5. The van der Waals surface area contributed by atoms with Gasteiger partial charge in [0.05, 0.1) is 0 Å². The van der Waals surface area contributed by atoms with E-state index >= 15 is 0 Å². The summed E-state index contributed by atoms with van der Waals surface area (Å²) in [6.07, 6.45) is -16.0. The topological polar surface area (TPSA) is 0 Å². The summed E-state index contributed by atoms with van der Waals surface area (Å²) < 4.78 is 461. The van der Waals surface area contributed by atoms with Crippen molar-refractivity contribution in [3.63, 3.8) is 0 Å². The molecule has 36 heteroatoms. The summed E-state index contributed by atoms with van der Waals surface area (Å²) in [4.78, 5) is -1.47. The number of hydrogen-bond acceptors (Lipinski definition) is 2. The summed E-state index contributed by atoms with van der Waals surface area (Å²) >= 11 is 0. The fourth-order valence-corrected chi connectivity index (χ4v) is 6.16. The Hall–Kier alpha value is -3.24. The lowest BCUT2D eigenvalue weighted by molar-refractivity contribution is -0.462. The summed E-state index contributed by atoms with van der Waals surface area (Å²) in [5.74, 6) is -118. The van der Waals surface area contributed by atoms with Gasteiger partial charge in [0.1, 0.15) is 0 Å². The van der Waals surface area contributed by atoms with Crippen molar-refractivity contribution in [2.24, 2.45) is 0 Å². The zero-order valence-corrected chi connectivity index (χ0v) is 29.9. The average molecular weight is 1050 g/mol. The van der Waals surface area contributed by atoms with Crippen LogP contribution in [0.2, 0.25) is 0 Å². The molecule has 0 saturated heterocycles. The Morgan fingerprint density at radius 2 is 0.359 bits per heavy atom. The molecular weight excluding hydrogens is 1050 g/mol. The molecule has 370 valence electrons. The van der Waals surface area contributed by atoms with Crippen molar-refractivity contribution in [3.8, 4) is 0 Å². The molecule has 0 N–H and O–H groups in total. The van der Waals surface area contributed by atoms with E-state index in [-0.39, 0.29) is 45.9 Å². The minimum Gasteiger partial charge on any atom is -0.194 e. The molecule has 0 radical (unpaired) electrons. The van der Waals surface area contributed by atoms with Crippen LogP contribution in [0.15, 0.2) is 58.3 Å². The van der Waals surface area contributed by atoms with E-state index in [9.17, 15) is 149 Å². The Kier molecular flexibility index (Phi) is 13.9. The predicted octanol–water partition coefficient (Wildman–Crippen LogP) is 15.4. The van der Waals surface area contributed by atoms with Gasteiger partial charge in [-0.1, -0.05) is 45.9 Å². The molecule has 0 fully saturated rings. The van der Waals surface area contributed by atoms with Gasteiger partial charge in [-0.15, -0.1) is 0 Å².